The first kappa shape index (κ1) is 16.7. The summed E-state index contributed by atoms with van der Waals surface area (Å²) in [5.41, 5.74) is 1.50. The number of hydrogen-bond donors (Lipinski definition) is 1. The van der Waals surface area contributed by atoms with Gasteiger partial charge in [-0.2, -0.15) is 0 Å². The SMILES string of the molecule is C=CC(=O)Nc1cccc(-n2sc(=O)n(Cc3ccccc3)c2=O)c1. The fourth-order valence-corrected chi connectivity index (χ4v) is 3.11. The molecule has 1 heterocycles. The highest BCUT2D eigenvalue weighted by Crippen LogP contribution is 2.14. The molecule has 1 N–H and O–H groups in total. The number of amides is 1. The summed E-state index contributed by atoms with van der Waals surface area (Å²) in [6.07, 6.45) is 1.16. The Bertz CT molecular complexity index is 1030. The molecule has 0 fully saturated rings. The summed E-state index contributed by atoms with van der Waals surface area (Å²) in [5.74, 6) is -0.348. The minimum atomic E-state index is -0.411. The van der Waals surface area contributed by atoms with Gasteiger partial charge in [0.25, 0.3) is 0 Å². The van der Waals surface area contributed by atoms with Crippen molar-refractivity contribution in [1.82, 2.24) is 8.52 Å². The number of aromatic nitrogens is 2. The van der Waals surface area contributed by atoms with Crippen LogP contribution in [0.25, 0.3) is 5.69 Å². The van der Waals surface area contributed by atoms with Crippen molar-refractivity contribution in [3.8, 4) is 5.69 Å². The zero-order valence-electron chi connectivity index (χ0n) is 13.2. The maximum Gasteiger partial charge on any atom is 0.346 e. The van der Waals surface area contributed by atoms with Crippen LogP contribution in [-0.2, 0) is 11.3 Å². The number of carbonyl (C=O) groups excluding carboxylic acids is 1. The molecule has 0 bridgehead atoms. The van der Waals surface area contributed by atoms with Crippen molar-refractivity contribution in [2.75, 3.05) is 5.32 Å². The molecule has 7 heteroatoms. The number of anilines is 1. The van der Waals surface area contributed by atoms with Crippen molar-refractivity contribution < 1.29 is 4.79 Å². The van der Waals surface area contributed by atoms with Gasteiger partial charge in [-0.15, -0.1) is 0 Å². The summed E-state index contributed by atoms with van der Waals surface area (Å²) < 4.78 is 2.50. The van der Waals surface area contributed by atoms with Gasteiger partial charge in [0.2, 0.25) is 5.91 Å². The van der Waals surface area contributed by atoms with E-state index in [-0.39, 0.29) is 17.3 Å². The Morgan fingerprint density at radius 1 is 1.12 bits per heavy atom. The smallest absolute Gasteiger partial charge is 0.322 e. The second-order valence-electron chi connectivity index (χ2n) is 5.25. The molecule has 126 valence electrons. The van der Waals surface area contributed by atoms with E-state index in [0.717, 1.165) is 23.2 Å². The van der Waals surface area contributed by atoms with Crippen LogP contribution >= 0.6 is 11.5 Å². The van der Waals surface area contributed by atoms with Gasteiger partial charge in [-0.25, -0.2) is 13.3 Å². The molecule has 1 aromatic heterocycles. The van der Waals surface area contributed by atoms with Gasteiger partial charge in [0, 0.05) is 17.2 Å². The van der Waals surface area contributed by atoms with E-state index in [1.165, 1.54) is 8.52 Å². The minimum absolute atomic E-state index is 0.217. The van der Waals surface area contributed by atoms with Crippen molar-refractivity contribution in [2.24, 2.45) is 0 Å². The number of rotatable bonds is 5. The second-order valence-corrected chi connectivity index (χ2v) is 6.15. The zero-order chi connectivity index (χ0) is 17.8. The van der Waals surface area contributed by atoms with Gasteiger partial charge < -0.3 is 5.32 Å². The molecule has 0 aliphatic carbocycles. The van der Waals surface area contributed by atoms with Gasteiger partial charge in [0.05, 0.1) is 12.2 Å². The lowest BCUT2D eigenvalue weighted by Crippen LogP contribution is -2.28. The Hall–Kier alpha value is -3.19. The van der Waals surface area contributed by atoms with E-state index < -0.39 is 5.69 Å². The second kappa shape index (κ2) is 7.14. The predicted molar refractivity (Wildman–Crippen MR) is 98.5 cm³/mol. The molecule has 0 aliphatic heterocycles. The molecule has 0 unspecified atom stereocenters. The van der Waals surface area contributed by atoms with Crippen molar-refractivity contribution in [1.29, 1.82) is 0 Å². The first-order valence-corrected chi connectivity index (χ1v) is 8.27. The lowest BCUT2D eigenvalue weighted by Gasteiger charge is -2.05. The van der Waals surface area contributed by atoms with Crippen LogP contribution in [0.4, 0.5) is 5.69 Å². The molecule has 2 aromatic carbocycles. The summed E-state index contributed by atoms with van der Waals surface area (Å²) in [6, 6.07) is 16.0. The van der Waals surface area contributed by atoms with Crippen molar-refractivity contribution in [2.45, 2.75) is 6.54 Å². The number of nitrogens with zero attached hydrogens (tertiary/aromatic N) is 2. The molecule has 0 atom stereocenters. The van der Waals surface area contributed by atoms with Crippen LogP contribution in [0.1, 0.15) is 5.56 Å². The molecule has 0 saturated carbocycles. The van der Waals surface area contributed by atoms with Gasteiger partial charge in [-0.1, -0.05) is 43.0 Å². The molecule has 3 aromatic rings. The Morgan fingerprint density at radius 3 is 2.60 bits per heavy atom. The highest BCUT2D eigenvalue weighted by atomic mass is 32.1. The average molecular weight is 353 g/mol. The molecule has 0 saturated heterocycles. The van der Waals surface area contributed by atoms with Crippen LogP contribution < -0.4 is 15.9 Å². The van der Waals surface area contributed by atoms with Gasteiger partial charge in [0.15, 0.2) is 0 Å². The lowest BCUT2D eigenvalue weighted by atomic mass is 10.2. The third kappa shape index (κ3) is 3.67. The third-order valence-corrected chi connectivity index (χ3v) is 4.44. The fourth-order valence-electron chi connectivity index (χ4n) is 2.32. The Labute approximate surface area is 147 Å². The van der Waals surface area contributed by atoms with E-state index in [1.54, 1.807) is 24.3 Å². The van der Waals surface area contributed by atoms with Crippen LogP contribution in [0, 0.1) is 0 Å². The molecule has 0 spiro atoms. The van der Waals surface area contributed by atoms with E-state index in [9.17, 15) is 14.4 Å². The van der Waals surface area contributed by atoms with Crippen molar-refractivity contribution >= 4 is 23.1 Å². The van der Waals surface area contributed by atoms with Gasteiger partial charge in [-0.3, -0.25) is 9.59 Å². The summed E-state index contributed by atoms with van der Waals surface area (Å²) in [4.78, 5) is 35.9. The summed E-state index contributed by atoms with van der Waals surface area (Å²) in [7, 11) is 0. The molecular formula is C18H15N3O3S. The topological polar surface area (TPSA) is 73.1 Å². The Balaban J connectivity index is 1.97. The maximum atomic E-state index is 12.6. The molecule has 3 rings (SSSR count). The third-order valence-electron chi connectivity index (χ3n) is 3.51. The molecule has 25 heavy (non-hydrogen) atoms. The maximum absolute atomic E-state index is 12.6. The zero-order valence-corrected chi connectivity index (χ0v) is 14.0. The molecule has 6 nitrogen and oxygen atoms in total. The van der Waals surface area contributed by atoms with Crippen molar-refractivity contribution in [3.63, 3.8) is 0 Å². The Morgan fingerprint density at radius 2 is 1.88 bits per heavy atom. The van der Waals surface area contributed by atoms with E-state index in [2.05, 4.69) is 11.9 Å². The Kier molecular flexibility index (Phi) is 4.76. The van der Waals surface area contributed by atoms with Crippen LogP contribution in [0.15, 0.2) is 76.8 Å². The fraction of sp³-hybridized carbons (Fsp3) is 0.0556. The molecule has 0 aliphatic rings. The summed E-state index contributed by atoms with van der Waals surface area (Å²) in [5, 5.41) is 2.63. The molecule has 1 amide bonds. The van der Waals surface area contributed by atoms with Crippen LogP contribution in [0.5, 0.6) is 0 Å². The van der Waals surface area contributed by atoms with E-state index in [4.69, 9.17) is 0 Å². The van der Waals surface area contributed by atoms with Crippen LogP contribution in [0.2, 0.25) is 0 Å². The average Bonchev–Trinajstić information content (AvgIpc) is 2.91. The molecular weight excluding hydrogens is 338 g/mol. The van der Waals surface area contributed by atoms with Crippen molar-refractivity contribution in [3.05, 3.63) is 93.0 Å². The normalized spacial score (nSPS) is 10.4. The monoisotopic (exact) mass is 353 g/mol. The number of nitrogens with one attached hydrogen (secondary N) is 1. The highest BCUT2D eigenvalue weighted by molar-refractivity contribution is 7.03. The lowest BCUT2D eigenvalue weighted by molar-refractivity contribution is -0.111. The minimum Gasteiger partial charge on any atom is -0.322 e. The van der Waals surface area contributed by atoms with E-state index >= 15 is 0 Å². The van der Waals surface area contributed by atoms with E-state index in [0.29, 0.717) is 11.4 Å². The standard InChI is InChI=1S/C18H15N3O3S/c1-2-16(22)19-14-9-6-10-15(11-14)21-17(23)20(18(24)25-21)12-13-7-4-3-5-8-13/h2-11H,1,12H2,(H,19,22). The van der Waals surface area contributed by atoms with Gasteiger partial charge in [-0.05, 0) is 29.8 Å². The van der Waals surface area contributed by atoms with Gasteiger partial charge in [0.1, 0.15) is 0 Å². The predicted octanol–water partition coefficient (Wildman–Crippen LogP) is 2.23. The summed E-state index contributed by atoms with van der Waals surface area (Å²) >= 11 is 0.825. The summed E-state index contributed by atoms with van der Waals surface area (Å²) in [6.45, 7) is 3.61. The highest BCUT2D eigenvalue weighted by Gasteiger charge is 2.12. The largest absolute Gasteiger partial charge is 0.346 e. The quantitative estimate of drug-likeness (QED) is 0.715. The number of benzene rings is 2. The first-order chi connectivity index (χ1) is 12.1. The van der Waals surface area contributed by atoms with Crippen LogP contribution in [-0.4, -0.2) is 14.4 Å². The number of carbonyl (C=O) groups is 1. The molecule has 0 radical (unpaired) electrons. The van der Waals surface area contributed by atoms with E-state index in [1.807, 2.05) is 30.3 Å². The number of hydrogen-bond acceptors (Lipinski definition) is 4. The van der Waals surface area contributed by atoms with Crippen LogP contribution in [0.3, 0.4) is 0 Å². The first-order valence-electron chi connectivity index (χ1n) is 7.49. The van der Waals surface area contributed by atoms with Gasteiger partial charge >= 0.3 is 10.6 Å².